The summed E-state index contributed by atoms with van der Waals surface area (Å²) in [5.74, 6) is 1.36. The van der Waals surface area contributed by atoms with Crippen molar-refractivity contribution in [2.75, 3.05) is 33.9 Å². The molecule has 0 radical (unpaired) electrons. The predicted octanol–water partition coefficient (Wildman–Crippen LogP) is 1.88. The molecule has 0 aliphatic rings. The SMILES string of the molecule is CCNCc1ccc(OC)c(OC[C@@H](O)CN(C)C(C)C)c1. The lowest BCUT2D eigenvalue weighted by Gasteiger charge is -2.24. The van der Waals surface area contributed by atoms with Gasteiger partial charge in [-0.05, 0) is 45.1 Å². The first-order valence-electron chi connectivity index (χ1n) is 7.86. The molecule has 0 unspecified atom stereocenters. The van der Waals surface area contributed by atoms with Crippen molar-refractivity contribution in [2.45, 2.75) is 39.5 Å². The van der Waals surface area contributed by atoms with Crippen molar-refractivity contribution in [3.05, 3.63) is 23.8 Å². The summed E-state index contributed by atoms with van der Waals surface area (Å²) in [6.45, 7) is 8.80. The highest BCUT2D eigenvalue weighted by atomic mass is 16.5. The van der Waals surface area contributed by atoms with Crippen molar-refractivity contribution in [1.29, 1.82) is 0 Å². The molecule has 0 bridgehead atoms. The van der Waals surface area contributed by atoms with Gasteiger partial charge in [0.2, 0.25) is 0 Å². The fourth-order valence-corrected chi connectivity index (χ4v) is 2.00. The molecule has 0 aliphatic carbocycles. The zero-order valence-electron chi connectivity index (χ0n) is 14.4. The summed E-state index contributed by atoms with van der Waals surface area (Å²) in [6.07, 6.45) is -0.533. The normalized spacial score (nSPS) is 12.7. The first kappa shape index (κ1) is 18.7. The number of nitrogens with one attached hydrogen (secondary N) is 1. The number of likely N-dealkylation sites (N-methyl/N-ethyl adjacent to an activating group) is 1. The van der Waals surface area contributed by atoms with E-state index in [1.807, 2.05) is 25.2 Å². The van der Waals surface area contributed by atoms with Crippen LogP contribution in [0.2, 0.25) is 0 Å². The molecule has 0 aromatic heterocycles. The Morgan fingerprint density at radius 2 is 2.00 bits per heavy atom. The number of aliphatic hydroxyl groups excluding tert-OH is 1. The van der Waals surface area contributed by atoms with Gasteiger partial charge in [-0.25, -0.2) is 0 Å². The lowest BCUT2D eigenvalue weighted by Crippen LogP contribution is -2.37. The maximum Gasteiger partial charge on any atom is 0.161 e. The van der Waals surface area contributed by atoms with Gasteiger partial charge in [-0.3, -0.25) is 0 Å². The molecular weight excluding hydrogens is 280 g/mol. The summed E-state index contributed by atoms with van der Waals surface area (Å²) in [5.41, 5.74) is 1.13. The van der Waals surface area contributed by atoms with Crippen LogP contribution in [0.25, 0.3) is 0 Å². The Morgan fingerprint density at radius 3 is 2.59 bits per heavy atom. The van der Waals surface area contributed by atoms with Crippen molar-refractivity contribution >= 4 is 0 Å². The molecule has 0 saturated heterocycles. The molecule has 0 fully saturated rings. The highest BCUT2D eigenvalue weighted by Crippen LogP contribution is 2.28. The van der Waals surface area contributed by atoms with E-state index < -0.39 is 6.10 Å². The van der Waals surface area contributed by atoms with Gasteiger partial charge in [0.05, 0.1) is 7.11 Å². The second-order valence-corrected chi connectivity index (χ2v) is 5.76. The summed E-state index contributed by atoms with van der Waals surface area (Å²) in [6, 6.07) is 6.26. The Bertz CT molecular complexity index is 438. The smallest absolute Gasteiger partial charge is 0.161 e. The monoisotopic (exact) mass is 310 g/mol. The van der Waals surface area contributed by atoms with Crippen molar-refractivity contribution in [1.82, 2.24) is 10.2 Å². The molecule has 0 spiro atoms. The van der Waals surface area contributed by atoms with Crippen LogP contribution in [0, 0.1) is 0 Å². The van der Waals surface area contributed by atoms with Crippen molar-refractivity contribution < 1.29 is 14.6 Å². The number of hydrogen-bond acceptors (Lipinski definition) is 5. The van der Waals surface area contributed by atoms with Gasteiger partial charge in [0, 0.05) is 19.1 Å². The van der Waals surface area contributed by atoms with Gasteiger partial charge in [-0.2, -0.15) is 0 Å². The summed E-state index contributed by atoms with van der Waals surface area (Å²) in [4.78, 5) is 2.09. The molecule has 5 heteroatoms. The van der Waals surface area contributed by atoms with Gasteiger partial charge >= 0.3 is 0 Å². The number of rotatable bonds is 10. The number of ether oxygens (including phenoxy) is 2. The van der Waals surface area contributed by atoms with E-state index in [1.165, 1.54) is 0 Å². The molecule has 0 aliphatic heterocycles. The van der Waals surface area contributed by atoms with Crippen LogP contribution in [0.4, 0.5) is 0 Å². The lowest BCUT2D eigenvalue weighted by atomic mass is 10.2. The van der Waals surface area contributed by atoms with Gasteiger partial charge in [0.25, 0.3) is 0 Å². The summed E-state index contributed by atoms with van der Waals surface area (Å²) in [5, 5.41) is 13.4. The van der Waals surface area contributed by atoms with E-state index in [0.717, 1.165) is 18.7 Å². The Balaban J connectivity index is 2.62. The van der Waals surface area contributed by atoms with Gasteiger partial charge < -0.3 is 24.8 Å². The minimum Gasteiger partial charge on any atom is -0.493 e. The van der Waals surface area contributed by atoms with Crippen LogP contribution in [-0.2, 0) is 6.54 Å². The number of nitrogens with zero attached hydrogens (tertiary/aromatic N) is 1. The molecule has 0 heterocycles. The fraction of sp³-hybridized carbons (Fsp3) is 0.647. The second kappa shape index (κ2) is 9.66. The van der Waals surface area contributed by atoms with Crippen LogP contribution in [-0.4, -0.2) is 56.0 Å². The standard InChI is InChI=1S/C17H30N2O3/c1-6-18-10-14-7-8-16(21-5)17(9-14)22-12-15(20)11-19(4)13(2)3/h7-9,13,15,18,20H,6,10-12H2,1-5H3/t15-/m0/s1. The fourth-order valence-electron chi connectivity index (χ4n) is 2.00. The van der Waals surface area contributed by atoms with Gasteiger partial charge in [-0.1, -0.05) is 13.0 Å². The van der Waals surface area contributed by atoms with Crippen LogP contribution in [0.1, 0.15) is 26.3 Å². The third-order valence-corrected chi connectivity index (χ3v) is 3.62. The van der Waals surface area contributed by atoms with Crippen LogP contribution in [0.3, 0.4) is 0 Å². The number of methoxy groups -OCH3 is 1. The number of benzene rings is 1. The third kappa shape index (κ3) is 6.22. The Kier molecular flexibility index (Phi) is 8.24. The first-order valence-corrected chi connectivity index (χ1v) is 7.86. The molecule has 0 saturated carbocycles. The molecule has 1 aromatic rings. The first-order chi connectivity index (χ1) is 10.5. The Hall–Kier alpha value is -1.30. The minimum absolute atomic E-state index is 0.248. The number of aliphatic hydroxyl groups is 1. The molecule has 126 valence electrons. The average Bonchev–Trinajstić information content (AvgIpc) is 2.50. The largest absolute Gasteiger partial charge is 0.493 e. The quantitative estimate of drug-likeness (QED) is 0.691. The van der Waals surface area contributed by atoms with Crippen molar-refractivity contribution in [3.63, 3.8) is 0 Å². The van der Waals surface area contributed by atoms with E-state index >= 15 is 0 Å². The molecule has 1 atom stereocenters. The van der Waals surface area contributed by atoms with E-state index in [0.29, 0.717) is 24.1 Å². The summed E-state index contributed by atoms with van der Waals surface area (Å²) < 4.78 is 11.1. The van der Waals surface area contributed by atoms with E-state index in [4.69, 9.17) is 9.47 Å². The average molecular weight is 310 g/mol. The van der Waals surface area contributed by atoms with E-state index in [2.05, 4.69) is 31.0 Å². The molecule has 1 aromatic carbocycles. The van der Waals surface area contributed by atoms with Gasteiger partial charge in [-0.15, -0.1) is 0 Å². The molecule has 22 heavy (non-hydrogen) atoms. The highest BCUT2D eigenvalue weighted by molar-refractivity contribution is 5.43. The van der Waals surface area contributed by atoms with Crippen LogP contribution >= 0.6 is 0 Å². The maximum absolute atomic E-state index is 10.1. The van der Waals surface area contributed by atoms with Crippen molar-refractivity contribution in [2.24, 2.45) is 0 Å². The summed E-state index contributed by atoms with van der Waals surface area (Å²) in [7, 11) is 3.61. The molecule has 2 N–H and O–H groups in total. The molecule has 0 amide bonds. The second-order valence-electron chi connectivity index (χ2n) is 5.76. The van der Waals surface area contributed by atoms with Crippen LogP contribution in [0.5, 0.6) is 11.5 Å². The predicted molar refractivity (Wildman–Crippen MR) is 89.6 cm³/mol. The van der Waals surface area contributed by atoms with Gasteiger partial charge in [0.1, 0.15) is 12.7 Å². The number of hydrogen-bond donors (Lipinski definition) is 2. The van der Waals surface area contributed by atoms with E-state index in [1.54, 1.807) is 7.11 Å². The van der Waals surface area contributed by atoms with E-state index in [9.17, 15) is 5.11 Å². The third-order valence-electron chi connectivity index (χ3n) is 3.62. The molecular formula is C17H30N2O3. The van der Waals surface area contributed by atoms with Crippen LogP contribution < -0.4 is 14.8 Å². The van der Waals surface area contributed by atoms with E-state index in [-0.39, 0.29) is 6.61 Å². The maximum atomic E-state index is 10.1. The zero-order valence-corrected chi connectivity index (χ0v) is 14.4. The topological polar surface area (TPSA) is 54.0 Å². The summed E-state index contributed by atoms with van der Waals surface area (Å²) >= 11 is 0. The highest BCUT2D eigenvalue weighted by Gasteiger charge is 2.13. The van der Waals surface area contributed by atoms with Crippen LogP contribution in [0.15, 0.2) is 18.2 Å². The van der Waals surface area contributed by atoms with Crippen molar-refractivity contribution in [3.8, 4) is 11.5 Å². The molecule has 5 nitrogen and oxygen atoms in total. The lowest BCUT2D eigenvalue weighted by molar-refractivity contribution is 0.0668. The van der Waals surface area contributed by atoms with Gasteiger partial charge in [0.15, 0.2) is 11.5 Å². The zero-order chi connectivity index (χ0) is 16.5. The molecule has 1 rings (SSSR count). The Morgan fingerprint density at radius 1 is 1.27 bits per heavy atom. The minimum atomic E-state index is -0.533. The Labute approximate surface area is 134 Å².